The van der Waals surface area contributed by atoms with Gasteiger partial charge in [-0.1, -0.05) is 59.6 Å². The van der Waals surface area contributed by atoms with Crippen molar-refractivity contribution in [3.05, 3.63) is 11.6 Å². The van der Waals surface area contributed by atoms with Crippen molar-refractivity contribution in [1.82, 2.24) is 0 Å². The molecule has 0 spiro atoms. The summed E-state index contributed by atoms with van der Waals surface area (Å²) in [6.45, 7) is 13.5. The maximum absolute atomic E-state index is 12.9. The van der Waals surface area contributed by atoms with Crippen LogP contribution < -0.4 is 0 Å². The summed E-state index contributed by atoms with van der Waals surface area (Å²) < 4.78 is 48.0. The molecule has 8 rings (SSSR count). The number of hydrogen-bond donors (Lipinski definition) is 16. The summed E-state index contributed by atoms with van der Waals surface area (Å²) in [5.41, 5.74) is -2.02. The van der Waals surface area contributed by atoms with Crippen molar-refractivity contribution in [2.75, 3.05) is 26.4 Å². The van der Waals surface area contributed by atoms with Crippen LogP contribution in [0.1, 0.15) is 120 Å². The topological polar surface area (TPSA) is 398 Å². The summed E-state index contributed by atoms with van der Waals surface area (Å²) in [6.07, 6.45) is -25.9. The fraction of sp³-hybridized carbons (Fsp3) is 0.964. The summed E-state index contributed by atoms with van der Waals surface area (Å²) in [5.74, 6) is 0.309. The van der Waals surface area contributed by atoms with Crippen LogP contribution in [0.5, 0.6) is 0 Å². The number of allylic oxidation sites excluding steroid dienone is 1. The van der Waals surface area contributed by atoms with Crippen molar-refractivity contribution >= 4 is 0 Å². The Hall–Kier alpha value is -1.22. The number of aliphatic hydroxyl groups excluding tert-OH is 15. The summed E-state index contributed by atoms with van der Waals surface area (Å²) in [5, 5.41) is 173. The van der Waals surface area contributed by atoms with Crippen molar-refractivity contribution < 1.29 is 120 Å². The second-order valence-corrected chi connectivity index (χ2v) is 26.2. The van der Waals surface area contributed by atoms with Gasteiger partial charge >= 0.3 is 0 Å². The van der Waals surface area contributed by atoms with Crippen molar-refractivity contribution in [2.24, 2.45) is 45.3 Å². The van der Waals surface area contributed by atoms with E-state index in [1.54, 1.807) is 0 Å². The SMILES string of the molecule is CC[C@H](CC[C@@H](O[C@@H]1O[C@H](CO[C@H]2O[C@H](CO)[C@@H](O)[C@H](O)[C@H]2O)[C@@H](O)[C@H](O)[C@H]1O[C@H]1O[C@@H](CO)[C@H](O)[C@@H](O)[C@@H]1O)C(C)(C)O)C1CC[C@@]2(CC)C3CC=C4C(CC[C@H](O[C@@H]5O[C@H](CO)[C@@H](O)[C@H](O)[C@H]5O)C4(C)C)[C@]3(C)[C@H](O)C[C@]12C. The normalized spacial score (nSPS) is 50.5. The Balaban J connectivity index is 1.01. The molecular weight excluding hydrogens is 1060 g/mol. The van der Waals surface area contributed by atoms with Crippen LogP contribution in [0.15, 0.2) is 11.6 Å². The van der Waals surface area contributed by atoms with Crippen LogP contribution >= 0.6 is 0 Å². The first-order valence-corrected chi connectivity index (χ1v) is 29.1. The maximum Gasteiger partial charge on any atom is 0.187 e. The van der Waals surface area contributed by atoms with Gasteiger partial charge in [-0.05, 0) is 106 Å². The molecule has 4 aliphatic heterocycles. The molecule has 0 aromatic heterocycles. The van der Waals surface area contributed by atoms with Gasteiger partial charge in [0.1, 0.15) is 97.7 Å². The van der Waals surface area contributed by atoms with E-state index in [4.69, 9.17) is 37.9 Å². The molecule has 7 fully saturated rings. The minimum atomic E-state index is -1.93. The third-order valence-corrected chi connectivity index (χ3v) is 21.4. The van der Waals surface area contributed by atoms with E-state index in [2.05, 4.69) is 47.6 Å². The van der Waals surface area contributed by atoms with Gasteiger partial charge in [0.15, 0.2) is 25.2 Å². The van der Waals surface area contributed by atoms with Crippen molar-refractivity contribution in [3.63, 3.8) is 0 Å². The molecule has 4 heterocycles. The third kappa shape index (κ3) is 11.3. The van der Waals surface area contributed by atoms with E-state index in [0.717, 1.165) is 32.1 Å². The van der Waals surface area contributed by atoms with E-state index < -0.39 is 184 Å². The molecular formula is C56H96O24. The maximum atomic E-state index is 12.9. The molecule has 0 aromatic rings. The van der Waals surface area contributed by atoms with Crippen LogP contribution in [0.4, 0.5) is 0 Å². The van der Waals surface area contributed by atoms with Crippen molar-refractivity contribution in [3.8, 4) is 0 Å². The fourth-order valence-corrected chi connectivity index (χ4v) is 16.5. The van der Waals surface area contributed by atoms with Gasteiger partial charge in [0.2, 0.25) is 0 Å². The lowest BCUT2D eigenvalue weighted by Crippen LogP contribution is -2.66. The van der Waals surface area contributed by atoms with Gasteiger partial charge < -0.3 is 120 Å². The molecule has 0 aromatic carbocycles. The van der Waals surface area contributed by atoms with Gasteiger partial charge in [0, 0.05) is 10.8 Å². The van der Waals surface area contributed by atoms with E-state index in [0.29, 0.717) is 25.7 Å². The second-order valence-electron chi connectivity index (χ2n) is 26.2. The van der Waals surface area contributed by atoms with Crippen LogP contribution in [-0.2, 0) is 37.9 Å². The van der Waals surface area contributed by atoms with Crippen LogP contribution in [0.25, 0.3) is 0 Å². The van der Waals surface area contributed by atoms with Crippen molar-refractivity contribution in [1.29, 1.82) is 0 Å². The molecule has 24 heteroatoms. The molecule has 4 saturated heterocycles. The van der Waals surface area contributed by atoms with E-state index >= 15 is 0 Å². The predicted molar refractivity (Wildman–Crippen MR) is 277 cm³/mol. The second kappa shape index (κ2) is 24.9. The molecule has 16 N–H and O–H groups in total. The first-order chi connectivity index (χ1) is 37.5. The highest BCUT2D eigenvalue weighted by atomic mass is 16.8. The number of hydrogen-bond acceptors (Lipinski definition) is 24. The van der Waals surface area contributed by atoms with Crippen LogP contribution in [-0.4, -0.2) is 255 Å². The standard InChI is InChI=1S/C56H96O24/c1-9-24(25-17-18-56(10-2)32-14-12-26-27(55(32,8)33(60)19-54(25,56)7)13-16-34(52(26,3)4)78-49-45(70)41(66)37(62)29(21-58)75-49)11-15-35(53(5,6)72)79-51-47(80-50-46(71)42(67)38(63)30(22-59)76-50)43(68)39(64)31(77-51)23-73-48-44(69)40(65)36(61)28(20-57)74-48/h12,24-25,27-51,57-72H,9-11,13-23H2,1-8H3/t24-,25?,27?,28-,29-,30+,31-,32?,33-,34+,35-,36-,37-,38+,39-,40+,41+,42-,43+,44-,45-,46+,47-,48+,49+,50-,51+,54-,55+,56+/m1/s1. The molecule has 8 aliphatic rings. The zero-order valence-corrected chi connectivity index (χ0v) is 47.5. The molecule has 30 atom stereocenters. The van der Waals surface area contributed by atoms with Gasteiger partial charge in [-0.2, -0.15) is 0 Å². The molecule has 80 heavy (non-hydrogen) atoms. The predicted octanol–water partition coefficient (Wildman–Crippen LogP) is -2.45. The summed E-state index contributed by atoms with van der Waals surface area (Å²) in [6, 6.07) is 0. The van der Waals surface area contributed by atoms with E-state index in [9.17, 15) is 81.7 Å². The van der Waals surface area contributed by atoms with Gasteiger partial charge in [-0.15, -0.1) is 0 Å². The number of rotatable bonds is 19. The first-order valence-electron chi connectivity index (χ1n) is 29.1. The van der Waals surface area contributed by atoms with Gasteiger partial charge in [0.25, 0.3) is 0 Å². The van der Waals surface area contributed by atoms with Gasteiger partial charge in [-0.3, -0.25) is 0 Å². The quantitative estimate of drug-likeness (QED) is 0.0597. The largest absolute Gasteiger partial charge is 0.394 e. The Morgan fingerprint density at radius 2 is 1.12 bits per heavy atom. The average molecular weight is 1150 g/mol. The lowest BCUT2D eigenvalue weighted by molar-refractivity contribution is -0.380. The minimum absolute atomic E-state index is 0.00799. The molecule has 3 unspecified atom stereocenters. The third-order valence-electron chi connectivity index (χ3n) is 21.4. The summed E-state index contributed by atoms with van der Waals surface area (Å²) >= 11 is 0. The highest BCUT2D eigenvalue weighted by Gasteiger charge is 2.71. The first kappa shape index (κ1) is 64.8. The van der Waals surface area contributed by atoms with E-state index in [-0.39, 0.29) is 40.9 Å². The molecule has 0 bridgehead atoms. The zero-order valence-electron chi connectivity index (χ0n) is 47.5. The monoisotopic (exact) mass is 1150 g/mol. The van der Waals surface area contributed by atoms with Crippen molar-refractivity contribution in [2.45, 2.75) is 266 Å². The lowest BCUT2D eigenvalue weighted by atomic mass is 9.37. The molecule has 464 valence electrons. The van der Waals surface area contributed by atoms with E-state index in [1.165, 1.54) is 19.4 Å². The summed E-state index contributed by atoms with van der Waals surface area (Å²) in [4.78, 5) is 0. The Morgan fingerprint density at radius 1 is 0.613 bits per heavy atom. The van der Waals surface area contributed by atoms with Gasteiger partial charge in [-0.25, -0.2) is 0 Å². The smallest absolute Gasteiger partial charge is 0.187 e. The molecule has 0 amide bonds. The van der Waals surface area contributed by atoms with Crippen LogP contribution in [0, 0.1) is 45.3 Å². The lowest BCUT2D eigenvalue weighted by Gasteiger charge is -2.68. The van der Waals surface area contributed by atoms with E-state index in [1.807, 2.05) is 0 Å². The Morgan fingerprint density at radius 3 is 1.65 bits per heavy atom. The molecule has 0 radical (unpaired) electrons. The number of aliphatic hydroxyl groups is 16. The fourth-order valence-electron chi connectivity index (χ4n) is 16.5. The Labute approximate surface area is 468 Å². The number of fused-ring (bicyclic) bond motifs is 5. The number of ether oxygens (including phenoxy) is 8. The molecule has 24 nitrogen and oxygen atoms in total. The van der Waals surface area contributed by atoms with Gasteiger partial charge in [0.05, 0.1) is 50.3 Å². The van der Waals surface area contributed by atoms with Crippen LogP contribution in [0.3, 0.4) is 0 Å². The summed E-state index contributed by atoms with van der Waals surface area (Å²) in [7, 11) is 0. The Bertz CT molecular complexity index is 2060. The highest BCUT2D eigenvalue weighted by molar-refractivity contribution is 5.32. The zero-order chi connectivity index (χ0) is 58.9. The minimum Gasteiger partial charge on any atom is -0.394 e. The highest BCUT2D eigenvalue weighted by Crippen LogP contribution is 2.76. The average Bonchev–Trinajstić information content (AvgIpc) is 3.78. The molecule has 4 aliphatic carbocycles. The Kier molecular flexibility index (Phi) is 20.1. The van der Waals surface area contributed by atoms with Crippen LogP contribution in [0.2, 0.25) is 0 Å². The molecule has 3 saturated carbocycles.